The van der Waals surface area contributed by atoms with E-state index in [2.05, 4.69) is 0 Å². The van der Waals surface area contributed by atoms with Crippen molar-refractivity contribution in [1.29, 1.82) is 0 Å². The fourth-order valence-electron chi connectivity index (χ4n) is 4.16. The van der Waals surface area contributed by atoms with E-state index in [-0.39, 0.29) is 25.0 Å². The van der Waals surface area contributed by atoms with Gasteiger partial charge in [-0.15, -0.1) is 0 Å². The first kappa shape index (κ1) is 18.3. The second-order valence-corrected chi connectivity index (χ2v) is 6.53. The van der Waals surface area contributed by atoms with Gasteiger partial charge in [-0.25, -0.2) is 0 Å². The summed E-state index contributed by atoms with van der Waals surface area (Å²) in [7, 11) is 6.20. The second kappa shape index (κ2) is 6.68. The monoisotopic (exact) mass is 364 g/mol. The second-order valence-electron chi connectivity index (χ2n) is 6.53. The molecule has 0 bridgehead atoms. The van der Waals surface area contributed by atoms with Crippen molar-refractivity contribution in [3.8, 4) is 17.2 Å². The van der Waals surface area contributed by atoms with Gasteiger partial charge in [0.05, 0.1) is 40.5 Å². The molecule has 2 heterocycles. The van der Waals surface area contributed by atoms with Crippen molar-refractivity contribution >= 4 is 11.8 Å². The molecule has 0 saturated carbocycles. The van der Waals surface area contributed by atoms with E-state index in [1.807, 2.05) is 6.92 Å². The molecule has 1 aromatic rings. The minimum atomic E-state index is -0.702. The fraction of sp³-hybridized carbons (Fsp3) is 0.556. The summed E-state index contributed by atoms with van der Waals surface area (Å²) in [6.07, 6.45) is 0.297. The van der Waals surface area contributed by atoms with Gasteiger partial charge >= 0.3 is 0 Å². The lowest BCUT2D eigenvalue weighted by Crippen LogP contribution is -2.62. The first-order chi connectivity index (χ1) is 12.4. The van der Waals surface area contributed by atoms with Crippen molar-refractivity contribution in [2.24, 2.45) is 0 Å². The average Bonchev–Trinajstić information content (AvgIpc) is 2.63. The minimum Gasteiger partial charge on any atom is -0.496 e. The predicted octanol–water partition coefficient (Wildman–Crippen LogP) is 0.280. The van der Waals surface area contributed by atoms with Crippen LogP contribution in [0.4, 0.5) is 0 Å². The molecule has 1 fully saturated rings. The molecule has 0 spiro atoms. The van der Waals surface area contributed by atoms with Gasteiger partial charge < -0.3 is 29.1 Å². The first-order valence-corrected chi connectivity index (χ1v) is 8.39. The van der Waals surface area contributed by atoms with Crippen LogP contribution >= 0.6 is 0 Å². The van der Waals surface area contributed by atoms with Crippen LogP contribution in [-0.4, -0.2) is 74.3 Å². The van der Waals surface area contributed by atoms with E-state index in [0.29, 0.717) is 29.2 Å². The van der Waals surface area contributed by atoms with Crippen LogP contribution in [0.2, 0.25) is 0 Å². The van der Waals surface area contributed by atoms with E-state index in [0.717, 1.165) is 11.1 Å². The lowest BCUT2D eigenvalue weighted by atomic mass is 9.83. The number of aliphatic hydroxyl groups is 1. The Bertz CT molecular complexity index is 763. The summed E-state index contributed by atoms with van der Waals surface area (Å²) < 4.78 is 16.7. The number of hydrogen-bond donors (Lipinski definition) is 1. The molecular weight excluding hydrogens is 340 g/mol. The number of carbonyl (C=O) groups is 2. The van der Waals surface area contributed by atoms with Crippen LogP contribution in [0.5, 0.6) is 17.2 Å². The van der Waals surface area contributed by atoms with Crippen LogP contribution in [0.25, 0.3) is 0 Å². The quantitative estimate of drug-likeness (QED) is 0.826. The molecule has 3 rings (SSSR count). The maximum Gasteiger partial charge on any atom is 0.245 e. The van der Waals surface area contributed by atoms with E-state index in [9.17, 15) is 14.7 Å². The third-order valence-electron chi connectivity index (χ3n) is 5.24. The molecule has 0 aliphatic carbocycles. The number of carbonyl (C=O) groups excluding carboxylic acids is 2. The highest BCUT2D eigenvalue weighted by Crippen LogP contribution is 2.50. The van der Waals surface area contributed by atoms with Crippen LogP contribution in [0.15, 0.2) is 0 Å². The zero-order valence-electron chi connectivity index (χ0n) is 15.7. The molecule has 8 nitrogen and oxygen atoms in total. The molecule has 2 atom stereocenters. The standard InChI is InChI=1S/C18H24N2O6/c1-9-15(24-3)10-6-11-18(23)19(2)7-13(22)20(11)12(8-21)14(10)17(26-5)16(9)25-4/h11-12,21H,6-8H2,1-5H3/t11-,12+/m0/s1. The SMILES string of the molecule is COc1c(C)c(OC)c(OC)c2c1C[C@H]1C(=O)N(C)CC(=O)N1[C@@H]2CO. The van der Waals surface area contributed by atoms with Gasteiger partial charge in [0, 0.05) is 30.2 Å². The third-order valence-corrected chi connectivity index (χ3v) is 5.24. The normalized spacial score (nSPS) is 22.1. The maximum absolute atomic E-state index is 12.7. The van der Waals surface area contributed by atoms with Gasteiger partial charge in [0.1, 0.15) is 11.8 Å². The summed E-state index contributed by atoms with van der Waals surface area (Å²) in [5, 5.41) is 10.1. The summed E-state index contributed by atoms with van der Waals surface area (Å²) in [5.41, 5.74) is 2.15. The number of piperazine rings is 1. The minimum absolute atomic E-state index is 0.0103. The van der Waals surface area contributed by atoms with Crippen molar-refractivity contribution in [1.82, 2.24) is 9.80 Å². The Labute approximate surface area is 152 Å². The number of amides is 2. The Morgan fingerprint density at radius 1 is 1.08 bits per heavy atom. The third kappa shape index (κ3) is 2.39. The average molecular weight is 364 g/mol. The van der Waals surface area contributed by atoms with Crippen LogP contribution < -0.4 is 14.2 Å². The molecule has 1 N–H and O–H groups in total. The van der Waals surface area contributed by atoms with Crippen molar-refractivity contribution in [2.75, 3.05) is 41.5 Å². The number of fused-ring (bicyclic) bond motifs is 2. The smallest absolute Gasteiger partial charge is 0.245 e. The van der Waals surface area contributed by atoms with Crippen LogP contribution in [0.3, 0.4) is 0 Å². The first-order valence-electron chi connectivity index (χ1n) is 8.39. The zero-order valence-corrected chi connectivity index (χ0v) is 15.7. The van der Waals surface area contributed by atoms with Crippen molar-refractivity contribution in [3.63, 3.8) is 0 Å². The van der Waals surface area contributed by atoms with Gasteiger partial charge in [-0.3, -0.25) is 9.59 Å². The molecule has 0 radical (unpaired) electrons. The molecular formula is C18H24N2O6. The molecule has 2 amide bonds. The van der Waals surface area contributed by atoms with E-state index in [1.54, 1.807) is 14.2 Å². The Morgan fingerprint density at radius 3 is 2.23 bits per heavy atom. The lowest BCUT2D eigenvalue weighted by Gasteiger charge is -2.47. The summed E-state index contributed by atoms with van der Waals surface area (Å²) in [4.78, 5) is 28.2. The van der Waals surface area contributed by atoms with E-state index in [4.69, 9.17) is 14.2 Å². The molecule has 2 aliphatic rings. The van der Waals surface area contributed by atoms with E-state index in [1.165, 1.54) is 24.0 Å². The molecule has 142 valence electrons. The van der Waals surface area contributed by atoms with Crippen LogP contribution in [0, 0.1) is 6.92 Å². The number of nitrogens with zero attached hydrogens (tertiary/aromatic N) is 2. The topological polar surface area (TPSA) is 88.5 Å². The number of rotatable bonds is 4. The number of aliphatic hydroxyl groups excluding tert-OH is 1. The van der Waals surface area contributed by atoms with E-state index < -0.39 is 12.1 Å². The van der Waals surface area contributed by atoms with E-state index >= 15 is 0 Å². The lowest BCUT2D eigenvalue weighted by molar-refractivity contribution is -0.159. The molecule has 2 aliphatic heterocycles. The largest absolute Gasteiger partial charge is 0.496 e. The van der Waals surface area contributed by atoms with Gasteiger partial charge in [-0.2, -0.15) is 0 Å². The number of methoxy groups -OCH3 is 3. The van der Waals surface area contributed by atoms with Gasteiger partial charge in [0.25, 0.3) is 0 Å². The molecule has 26 heavy (non-hydrogen) atoms. The highest BCUT2D eigenvalue weighted by atomic mass is 16.5. The van der Waals surface area contributed by atoms with Crippen LogP contribution in [0.1, 0.15) is 22.7 Å². The number of hydrogen-bond acceptors (Lipinski definition) is 6. The van der Waals surface area contributed by atoms with Crippen molar-refractivity contribution in [2.45, 2.75) is 25.4 Å². The molecule has 1 saturated heterocycles. The van der Waals surface area contributed by atoms with Gasteiger partial charge in [0.2, 0.25) is 11.8 Å². The summed E-state index contributed by atoms with van der Waals surface area (Å²) in [5.74, 6) is 1.18. The highest BCUT2D eigenvalue weighted by molar-refractivity contribution is 5.96. The number of ether oxygens (including phenoxy) is 3. The Morgan fingerprint density at radius 2 is 1.69 bits per heavy atom. The summed E-state index contributed by atoms with van der Waals surface area (Å²) in [6.45, 7) is 1.50. The highest BCUT2D eigenvalue weighted by Gasteiger charge is 2.48. The molecule has 1 aromatic carbocycles. The number of benzene rings is 1. The van der Waals surface area contributed by atoms with Crippen LogP contribution in [-0.2, 0) is 16.0 Å². The molecule has 0 aromatic heterocycles. The Kier molecular flexibility index (Phi) is 4.70. The fourth-order valence-corrected chi connectivity index (χ4v) is 4.16. The molecule has 8 heteroatoms. The van der Waals surface area contributed by atoms with Crippen molar-refractivity contribution in [3.05, 3.63) is 16.7 Å². The van der Waals surface area contributed by atoms with Crippen molar-refractivity contribution < 1.29 is 28.9 Å². The molecule has 0 unspecified atom stereocenters. The van der Waals surface area contributed by atoms with Gasteiger partial charge in [-0.1, -0.05) is 0 Å². The maximum atomic E-state index is 12.7. The van der Waals surface area contributed by atoms with Gasteiger partial charge in [-0.05, 0) is 6.92 Å². The predicted molar refractivity (Wildman–Crippen MR) is 92.6 cm³/mol. The van der Waals surface area contributed by atoms with Gasteiger partial charge in [0.15, 0.2) is 11.5 Å². The Hall–Kier alpha value is -2.48. The summed E-state index contributed by atoms with van der Waals surface area (Å²) >= 11 is 0. The zero-order chi connectivity index (χ0) is 19.2. The summed E-state index contributed by atoms with van der Waals surface area (Å²) in [6, 6.07) is -1.37. The number of likely N-dealkylation sites (N-methyl/N-ethyl adjacent to an activating group) is 1. The Balaban J connectivity index is 2.31.